The van der Waals surface area contributed by atoms with Crippen molar-refractivity contribution in [1.29, 1.82) is 0 Å². The van der Waals surface area contributed by atoms with Gasteiger partial charge in [-0.2, -0.15) is 0 Å². The van der Waals surface area contributed by atoms with E-state index in [1.807, 2.05) is 37.3 Å². The van der Waals surface area contributed by atoms with Crippen molar-refractivity contribution in [2.24, 2.45) is 0 Å². The molecule has 1 rings (SSSR count). The van der Waals surface area contributed by atoms with Crippen LogP contribution < -0.4 is 5.32 Å². The van der Waals surface area contributed by atoms with E-state index in [0.717, 1.165) is 12.0 Å². The summed E-state index contributed by atoms with van der Waals surface area (Å²) in [4.78, 5) is 12.1. The molecule has 0 bridgehead atoms. The van der Waals surface area contributed by atoms with Crippen molar-refractivity contribution in [3.05, 3.63) is 35.9 Å². The Morgan fingerprint density at radius 3 is 2.50 bits per heavy atom. The van der Waals surface area contributed by atoms with Crippen molar-refractivity contribution in [2.75, 3.05) is 0 Å². The van der Waals surface area contributed by atoms with Crippen molar-refractivity contribution in [3.8, 4) is 0 Å². The lowest BCUT2D eigenvalue weighted by molar-refractivity contribution is -0.121. The molecule has 2 atom stereocenters. The van der Waals surface area contributed by atoms with Crippen LogP contribution in [0.4, 0.5) is 0 Å². The van der Waals surface area contributed by atoms with Crippen molar-refractivity contribution in [3.63, 3.8) is 0 Å². The molecule has 0 aromatic heterocycles. The molecule has 1 N–H and O–H groups in total. The largest absolute Gasteiger partial charge is 0.353 e. The summed E-state index contributed by atoms with van der Waals surface area (Å²) in [5.41, 5.74) is 1.05. The summed E-state index contributed by atoms with van der Waals surface area (Å²) in [5.74, 6) is 0.0897. The number of halogens is 1. The van der Waals surface area contributed by atoms with Crippen LogP contribution >= 0.6 is 15.9 Å². The molecule has 16 heavy (non-hydrogen) atoms. The van der Waals surface area contributed by atoms with Crippen LogP contribution in [0.25, 0.3) is 0 Å². The normalized spacial score (nSPS) is 14.2. The molecule has 1 aromatic carbocycles. The SMILES string of the molecule is CC(Br)CC(C)NC(=O)Cc1ccccc1. The highest BCUT2D eigenvalue weighted by Crippen LogP contribution is 2.07. The van der Waals surface area contributed by atoms with Crippen LogP contribution in [0, 0.1) is 0 Å². The van der Waals surface area contributed by atoms with Gasteiger partial charge in [-0.1, -0.05) is 53.2 Å². The van der Waals surface area contributed by atoms with Gasteiger partial charge in [0.25, 0.3) is 0 Å². The van der Waals surface area contributed by atoms with E-state index in [1.165, 1.54) is 0 Å². The van der Waals surface area contributed by atoms with Crippen molar-refractivity contribution in [2.45, 2.75) is 37.6 Å². The standard InChI is InChI=1S/C13H18BrNO/c1-10(14)8-11(2)15-13(16)9-12-6-4-3-5-7-12/h3-7,10-11H,8-9H2,1-2H3,(H,15,16). The van der Waals surface area contributed by atoms with Crippen LogP contribution in [-0.2, 0) is 11.2 Å². The molecule has 3 heteroatoms. The minimum absolute atomic E-state index is 0.0897. The van der Waals surface area contributed by atoms with E-state index < -0.39 is 0 Å². The van der Waals surface area contributed by atoms with Crippen LogP contribution in [0.3, 0.4) is 0 Å². The van der Waals surface area contributed by atoms with E-state index in [2.05, 4.69) is 28.2 Å². The number of amides is 1. The Morgan fingerprint density at radius 2 is 1.94 bits per heavy atom. The fourth-order valence-electron chi connectivity index (χ4n) is 1.65. The van der Waals surface area contributed by atoms with E-state index >= 15 is 0 Å². The Balaban J connectivity index is 2.36. The third kappa shape index (κ3) is 5.31. The van der Waals surface area contributed by atoms with Gasteiger partial charge >= 0.3 is 0 Å². The predicted molar refractivity (Wildman–Crippen MR) is 70.8 cm³/mol. The summed E-state index contributed by atoms with van der Waals surface area (Å²) >= 11 is 3.48. The van der Waals surface area contributed by atoms with E-state index in [1.54, 1.807) is 0 Å². The molecule has 0 spiro atoms. The van der Waals surface area contributed by atoms with Crippen molar-refractivity contribution < 1.29 is 4.79 Å². The Morgan fingerprint density at radius 1 is 1.31 bits per heavy atom. The average Bonchev–Trinajstić information content (AvgIpc) is 2.17. The number of hydrogen-bond donors (Lipinski definition) is 1. The average molecular weight is 284 g/mol. The molecule has 1 aromatic rings. The molecule has 0 aliphatic heterocycles. The first-order valence-corrected chi connectivity index (χ1v) is 6.47. The molecular formula is C13H18BrNO. The number of nitrogens with one attached hydrogen (secondary N) is 1. The van der Waals surface area contributed by atoms with Gasteiger partial charge in [0.15, 0.2) is 0 Å². The molecule has 0 saturated heterocycles. The Hall–Kier alpha value is -0.830. The smallest absolute Gasteiger partial charge is 0.224 e. The maximum atomic E-state index is 11.7. The van der Waals surface area contributed by atoms with Gasteiger partial charge in [-0.25, -0.2) is 0 Å². The molecule has 0 saturated carbocycles. The van der Waals surface area contributed by atoms with E-state index in [4.69, 9.17) is 0 Å². The second-order valence-corrected chi connectivity index (χ2v) is 5.71. The summed E-state index contributed by atoms with van der Waals surface area (Å²) < 4.78 is 0. The zero-order valence-electron chi connectivity index (χ0n) is 9.74. The highest BCUT2D eigenvalue weighted by molar-refractivity contribution is 9.09. The van der Waals surface area contributed by atoms with E-state index in [9.17, 15) is 4.79 Å². The molecule has 2 unspecified atom stereocenters. The first kappa shape index (κ1) is 13.2. The maximum Gasteiger partial charge on any atom is 0.224 e. The Labute approximate surface area is 106 Å². The summed E-state index contributed by atoms with van der Waals surface area (Å²) in [6.07, 6.45) is 1.41. The second kappa shape index (κ2) is 6.69. The molecule has 0 fully saturated rings. The number of hydrogen-bond acceptors (Lipinski definition) is 1. The molecule has 0 heterocycles. The van der Waals surface area contributed by atoms with Gasteiger partial charge in [-0.15, -0.1) is 0 Å². The maximum absolute atomic E-state index is 11.7. The van der Waals surface area contributed by atoms with E-state index in [0.29, 0.717) is 11.2 Å². The molecule has 1 amide bonds. The molecule has 0 aliphatic rings. The van der Waals surface area contributed by atoms with E-state index in [-0.39, 0.29) is 11.9 Å². The highest BCUT2D eigenvalue weighted by Gasteiger charge is 2.09. The lowest BCUT2D eigenvalue weighted by Crippen LogP contribution is -2.34. The van der Waals surface area contributed by atoms with Gasteiger partial charge in [-0.3, -0.25) is 4.79 Å². The lowest BCUT2D eigenvalue weighted by atomic mass is 10.1. The lowest BCUT2D eigenvalue weighted by Gasteiger charge is -2.15. The third-order valence-electron chi connectivity index (χ3n) is 2.29. The van der Waals surface area contributed by atoms with Gasteiger partial charge in [0, 0.05) is 10.9 Å². The number of rotatable bonds is 5. The summed E-state index contributed by atoms with van der Waals surface area (Å²) in [6.45, 7) is 4.11. The zero-order chi connectivity index (χ0) is 12.0. The molecular weight excluding hydrogens is 266 g/mol. The number of carbonyl (C=O) groups excluding carboxylic acids is 1. The molecule has 88 valence electrons. The Kier molecular flexibility index (Phi) is 5.53. The molecule has 0 radical (unpaired) electrons. The van der Waals surface area contributed by atoms with Gasteiger partial charge < -0.3 is 5.32 Å². The fourth-order valence-corrected chi connectivity index (χ4v) is 2.21. The Bertz CT molecular complexity index is 324. The second-order valence-electron chi connectivity index (χ2n) is 4.15. The van der Waals surface area contributed by atoms with Crippen LogP contribution in [0.15, 0.2) is 30.3 Å². The first-order valence-electron chi connectivity index (χ1n) is 5.55. The summed E-state index contributed by atoms with van der Waals surface area (Å²) in [5, 5.41) is 2.99. The van der Waals surface area contributed by atoms with Crippen molar-refractivity contribution >= 4 is 21.8 Å². The zero-order valence-corrected chi connectivity index (χ0v) is 11.3. The summed E-state index contributed by atoms with van der Waals surface area (Å²) in [6, 6.07) is 10.0. The first-order chi connectivity index (χ1) is 7.58. The quantitative estimate of drug-likeness (QED) is 0.828. The fraction of sp³-hybridized carbons (Fsp3) is 0.462. The predicted octanol–water partition coefficient (Wildman–Crippen LogP) is 2.91. The monoisotopic (exact) mass is 283 g/mol. The number of benzene rings is 1. The molecule has 2 nitrogen and oxygen atoms in total. The minimum Gasteiger partial charge on any atom is -0.353 e. The van der Waals surface area contributed by atoms with Gasteiger partial charge in [0.1, 0.15) is 0 Å². The topological polar surface area (TPSA) is 29.1 Å². The van der Waals surface area contributed by atoms with Gasteiger partial charge in [0.2, 0.25) is 5.91 Å². The van der Waals surface area contributed by atoms with Crippen molar-refractivity contribution in [1.82, 2.24) is 5.32 Å². The van der Waals surface area contributed by atoms with Crippen LogP contribution in [0.1, 0.15) is 25.8 Å². The number of alkyl halides is 1. The number of carbonyl (C=O) groups is 1. The van der Waals surface area contributed by atoms with Crippen LogP contribution in [-0.4, -0.2) is 16.8 Å². The molecule has 0 aliphatic carbocycles. The summed E-state index contributed by atoms with van der Waals surface area (Å²) in [7, 11) is 0. The third-order valence-corrected chi connectivity index (χ3v) is 2.67. The van der Waals surface area contributed by atoms with Crippen LogP contribution in [0.2, 0.25) is 0 Å². The highest BCUT2D eigenvalue weighted by atomic mass is 79.9. The van der Waals surface area contributed by atoms with Gasteiger partial charge in [-0.05, 0) is 18.9 Å². The minimum atomic E-state index is 0.0897. The van der Waals surface area contributed by atoms with Crippen LogP contribution in [0.5, 0.6) is 0 Å². The van der Waals surface area contributed by atoms with Gasteiger partial charge in [0.05, 0.1) is 6.42 Å².